The van der Waals surface area contributed by atoms with Gasteiger partial charge in [0.2, 0.25) is 0 Å². The van der Waals surface area contributed by atoms with Crippen LogP contribution in [0.1, 0.15) is 23.6 Å². The molecule has 0 bridgehead atoms. The van der Waals surface area contributed by atoms with E-state index >= 15 is 0 Å². The van der Waals surface area contributed by atoms with Crippen LogP contribution in [-0.4, -0.2) is 15.3 Å². The number of aromatic hydroxyl groups is 2. The Bertz CT molecular complexity index is 588. The molecular formula is C16H17NO3. The molecule has 2 rings (SSSR count). The predicted octanol–water partition coefficient (Wildman–Crippen LogP) is 3.09. The maximum absolute atomic E-state index is 9.93. The number of hydrogen-bond acceptors (Lipinski definition) is 4. The first-order chi connectivity index (χ1) is 9.54. The van der Waals surface area contributed by atoms with Crippen LogP contribution in [0.2, 0.25) is 0 Å². The van der Waals surface area contributed by atoms with Gasteiger partial charge >= 0.3 is 0 Å². The monoisotopic (exact) mass is 271 g/mol. The molecule has 0 saturated heterocycles. The summed E-state index contributed by atoms with van der Waals surface area (Å²) in [6, 6.07) is 13.1. The summed E-state index contributed by atoms with van der Waals surface area (Å²) in [5, 5.41) is 28.8. The first-order valence-electron chi connectivity index (χ1n) is 6.27. The summed E-state index contributed by atoms with van der Waals surface area (Å²) in [5.41, 5.74) is 7.41. The smallest absolute Gasteiger partial charge is 0.119 e. The Balaban J connectivity index is 2.11. The average molecular weight is 271 g/mol. The van der Waals surface area contributed by atoms with Crippen molar-refractivity contribution in [1.29, 1.82) is 0 Å². The molecular weight excluding hydrogens is 254 g/mol. The SMILES string of the molecule is NC(CC(O)=Cc1ccccc1)c1cc(O)cc(O)c1. The topological polar surface area (TPSA) is 86.7 Å². The third kappa shape index (κ3) is 3.76. The largest absolute Gasteiger partial charge is 0.512 e. The van der Waals surface area contributed by atoms with E-state index in [4.69, 9.17) is 5.73 Å². The van der Waals surface area contributed by atoms with E-state index in [-0.39, 0.29) is 23.7 Å². The van der Waals surface area contributed by atoms with Gasteiger partial charge in [0.15, 0.2) is 0 Å². The summed E-state index contributed by atoms with van der Waals surface area (Å²) in [7, 11) is 0. The molecule has 2 aromatic carbocycles. The minimum absolute atomic E-state index is 0.0537. The fourth-order valence-electron chi connectivity index (χ4n) is 1.98. The van der Waals surface area contributed by atoms with Gasteiger partial charge in [0.05, 0.1) is 5.76 Å². The molecule has 4 heteroatoms. The maximum Gasteiger partial charge on any atom is 0.119 e. The Morgan fingerprint density at radius 3 is 2.25 bits per heavy atom. The van der Waals surface area contributed by atoms with Crippen LogP contribution in [-0.2, 0) is 0 Å². The van der Waals surface area contributed by atoms with Gasteiger partial charge in [-0.05, 0) is 29.3 Å². The van der Waals surface area contributed by atoms with Crippen LogP contribution < -0.4 is 5.73 Å². The minimum atomic E-state index is -0.507. The highest BCUT2D eigenvalue weighted by atomic mass is 16.3. The van der Waals surface area contributed by atoms with E-state index in [2.05, 4.69) is 0 Å². The molecule has 0 spiro atoms. The first kappa shape index (κ1) is 14.0. The molecule has 0 aliphatic carbocycles. The van der Waals surface area contributed by atoms with Crippen molar-refractivity contribution in [3.63, 3.8) is 0 Å². The number of phenolic OH excluding ortho intramolecular Hbond substituents is 2. The quantitative estimate of drug-likeness (QED) is 0.644. The van der Waals surface area contributed by atoms with Crippen molar-refractivity contribution in [3.8, 4) is 11.5 Å². The molecule has 0 amide bonds. The highest BCUT2D eigenvalue weighted by molar-refractivity contribution is 5.51. The number of aliphatic hydroxyl groups excluding tert-OH is 1. The lowest BCUT2D eigenvalue weighted by Crippen LogP contribution is -2.11. The van der Waals surface area contributed by atoms with Gasteiger partial charge in [0.1, 0.15) is 11.5 Å². The Morgan fingerprint density at radius 1 is 1.05 bits per heavy atom. The van der Waals surface area contributed by atoms with Crippen LogP contribution in [0.25, 0.3) is 6.08 Å². The zero-order chi connectivity index (χ0) is 14.5. The predicted molar refractivity (Wildman–Crippen MR) is 78.4 cm³/mol. The number of hydrogen-bond donors (Lipinski definition) is 4. The van der Waals surface area contributed by atoms with Crippen LogP contribution in [0, 0.1) is 0 Å². The lowest BCUT2D eigenvalue weighted by atomic mass is 10.0. The van der Waals surface area contributed by atoms with Crippen molar-refractivity contribution < 1.29 is 15.3 Å². The van der Waals surface area contributed by atoms with Crippen LogP contribution in [0.15, 0.2) is 54.3 Å². The van der Waals surface area contributed by atoms with E-state index in [0.29, 0.717) is 5.56 Å². The molecule has 20 heavy (non-hydrogen) atoms. The molecule has 2 aromatic rings. The molecule has 1 atom stereocenters. The van der Waals surface area contributed by atoms with Crippen molar-refractivity contribution in [2.75, 3.05) is 0 Å². The van der Waals surface area contributed by atoms with Gasteiger partial charge in [-0.2, -0.15) is 0 Å². The van der Waals surface area contributed by atoms with Gasteiger partial charge in [-0.15, -0.1) is 0 Å². The molecule has 0 aromatic heterocycles. The van der Waals surface area contributed by atoms with Crippen LogP contribution >= 0.6 is 0 Å². The summed E-state index contributed by atoms with van der Waals surface area (Å²) < 4.78 is 0. The summed E-state index contributed by atoms with van der Waals surface area (Å²) in [6.07, 6.45) is 1.86. The second-order valence-electron chi connectivity index (χ2n) is 4.64. The third-order valence-electron chi connectivity index (χ3n) is 2.91. The number of rotatable bonds is 4. The van der Waals surface area contributed by atoms with Gasteiger partial charge in [0, 0.05) is 18.5 Å². The number of nitrogens with two attached hydrogens (primary N) is 1. The second-order valence-corrected chi connectivity index (χ2v) is 4.64. The van der Waals surface area contributed by atoms with Crippen LogP contribution in [0.3, 0.4) is 0 Å². The highest BCUT2D eigenvalue weighted by Crippen LogP contribution is 2.26. The van der Waals surface area contributed by atoms with Crippen molar-refractivity contribution in [2.45, 2.75) is 12.5 Å². The van der Waals surface area contributed by atoms with Crippen molar-refractivity contribution in [3.05, 3.63) is 65.4 Å². The summed E-state index contributed by atoms with van der Waals surface area (Å²) in [5.74, 6) is 0.0375. The standard InChI is InChI=1S/C16H17NO3/c17-16(12-7-14(19)9-15(20)8-12)10-13(18)6-11-4-2-1-3-5-11/h1-9,16,18-20H,10,17H2. The van der Waals surface area contributed by atoms with Gasteiger partial charge in [0.25, 0.3) is 0 Å². The number of phenols is 2. The normalized spacial score (nSPS) is 13.2. The van der Waals surface area contributed by atoms with Crippen LogP contribution in [0.4, 0.5) is 0 Å². The molecule has 1 unspecified atom stereocenters. The van der Waals surface area contributed by atoms with E-state index in [0.717, 1.165) is 5.56 Å². The Hall–Kier alpha value is -2.46. The second kappa shape index (κ2) is 6.12. The Morgan fingerprint density at radius 2 is 1.65 bits per heavy atom. The van der Waals surface area contributed by atoms with Crippen molar-refractivity contribution in [1.82, 2.24) is 0 Å². The highest BCUT2D eigenvalue weighted by Gasteiger charge is 2.10. The average Bonchev–Trinajstić information content (AvgIpc) is 2.38. The fourth-order valence-corrected chi connectivity index (χ4v) is 1.98. The summed E-state index contributed by atoms with van der Waals surface area (Å²) >= 11 is 0. The van der Waals surface area contributed by atoms with E-state index in [1.165, 1.54) is 18.2 Å². The molecule has 0 aliphatic heterocycles. The molecule has 104 valence electrons. The van der Waals surface area contributed by atoms with Crippen molar-refractivity contribution >= 4 is 6.08 Å². The molecule has 5 N–H and O–H groups in total. The van der Waals surface area contributed by atoms with E-state index < -0.39 is 6.04 Å². The maximum atomic E-state index is 9.93. The minimum Gasteiger partial charge on any atom is -0.512 e. The molecule has 0 heterocycles. The third-order valence-corrected chi connectivity index (χ3v) is 2.91. The number of aliphatic hydroxyl groups is 1. The summed E-state index contributed by atoms with van der Waals surface area (Å²) in [6.45, 7) is 0. The van der Waals surface area contributed by atoms with E-state index in [9.17, 15) is 15.3 Å². The van der Waals surface area contributed by atoms with E-state index in [1.807, 2.05) is 30.3 Å². The van der Waals surface area contributed by atoms with Gasteiger partial charge < -0.3 is 21.1 Å². The molecule has 0 radical (unpaired) electrons. The van der Waals surface area contributed by atoms with Gasteiger partial charge in [-0.25, -0.2) is 0 Å². The first-order valence-corrected chi connectivity index (χ1v) is 6.27. The van der Waals surface area contributed by atoms with E-state index in [1.54, 1.807) is 6.08 Å². The van der Waals surface area contributed by atoms with Crippen molar-refractivity contribution in [2.24, 2.45) is 5.73 Å². The Labute approximate surface area is 117 Å². The number of benzene rings is 2. The molecule has 0 fully saturated rings. The summed E-state index contributed by atoms with van der Waals surface area (Å²) in [4.78, 5) is 0. The zero-order valence-electron chi connectivity index (χ0n) is 10.9. The van der Waals surface area contributed by atoms with Gasteiger partial charge in [-0.3, -0.25) is 0 Å². The van der Waals surface area contributed by atoms with Crippen LogP contribution in [0.5, 0.6) is 11.5 Å². The lowest BCUT2D eigenvalue weighted by molar-refractivity contribution is 0.379. The fraction of sp³-hybridized carbons (Fsp3) is 0.125. The molecule has 4 nitrogen and oxygen atoms in total. The van der Waals surface area contributed by atoms with Gasteiger partial charge in [-0.1, -0.05) is 30.3 Å². The zero-order valence-corrected chi connectivity index (χ0v) is 10.9. The molecule has 0 saturated carbocycles. The lowest BCUT2D eigenvalue weighted by Gasteiger charge is -2.12. The molecule has 0 aliphatic rings. The Kier molecular flexibility index (Phi) is 4.27.